The molecule has 0 aliphatic rings. The zero-order valence-electron chi connectivity index (χ0n) is 82.1. The van der Waals surface area contributed by atoms with Gasteiger partial charge in [0.25, 0.3) is 0 Å². The lowest BCUT2D eigenvalue weighted by atomic mass is 9.97. The van der Waals surface area contributed by atoms with Crippen LogP contribution in [-0.2, 0) is 38.5 Å². The van der Waals surface area contributed by atoms with E-state index in [1.54, 1.807) is 0 Å². The van der Waals surface area contributed by atoms with Gasteiger partial charge in [-0.2, -0.15) is 0 Å². The Labute approximate surface area is 756 Å². The molecule has 704 valence electrons. The summed E-state index contributed by atoms with van der Waals surface area (Å²) in [4.78, 5) is 0. The predicted molar refractivity (Wildman–Crippen MR) is 537 cm³/mol. The Morgan fingerprint density at radius 1 is 0.157 bits per heavy atom. The minimum absolute atomic E-state index is 0.379. The molecule has 0 heterocycles. The van der Waals surface area contributed by atoms with E-state index in [4.69, 9.17) is 13.6 Å². The zero-order valence-corrected chi connectivity index (χ0v) is 83.0. The Kier molecular flexibility index (Phi) is 79.9. The van der Waals surface area contributed by atoms with Gasteiger partial charge in [-0.1, -0.05) is 561 Å². The molecule has 6 nitrogen and oxygen atoms in total. The molecule has 3 N–H and O–H groups in total. The highest BCUT2D eigenvalue weighted by Crippen LogP contribution is 2.50. The highest BCUT2D eigenvalue weighted by molar-refractivity contribution is 7.43. The van der Waals surface area contributed by atoms with Gasteiger partial charge in [-0.25, -0.2) is 0 Å². The van der Waals surface area contributed by atoms with Crippen LogP contribution < -0.4 is 13.6 Å². The van der Waals surface area contributed by atoms with E-state index in [1.165, 1.54) is 482 Å². The number of phenols is 3. The van der Waals surface area contributed by atoms with Crippen molar-refractivity contribution in [2.75, 3.05) is 0 Å². The third-order valence-electron chi connectivity index (χ3n) is 27.2. The number of phenolic OH excluding ortho intramolecular Hbond substituents is 3. The normalized spacial score (nSPS) is 11.7. The Balaban J connectivity index is 2.05. The molecule has 0 atom stereocenters. The van der Waals surface area contributed by atoms with Gasteiger partial charge in [0, 0.05) is 16.7 Å². The van der Waals surface area contributed by atoms with E-state index >= 15 is 0 Å². The summed E-state index contributed by atoms with van der Waals surface area (Å²) in [5.41, 5.74) is 5.64. The van der Waals surface area contributed by atoms with E-state index in [1.807, 2.05) is 0 Å². The molecule has 0 saturated heterocycles. The molecule has 0 aromatic heterocycles. The third-order valence-corrected chi connectivity index (χ3v) is 28.3. The van der Waals surface area contributed by atoms with Crippen molar-refractivity contribution in [1.29, 1.82) is 0 Å². The lowest BCUT2D eigenvalue weighted by molar-refractivity contribution is 0.373. The van der Waals surface area contributed by atoms with Crippen molar-refractivity contribution in [3.05, 3.63) is 69.8 Å². The Bertz CT molecular complexity index is 2380. The van der Waals surface area contributed by atoms with Gasteiger partial charge in [0.1, 0.15) is 34.5 Å². The fraction of sp³-hybridized carbons (Fsp3) is 0.842. The monoisotopic (exact) mass is 1700 g/mol. The molecule has 0 unspecified atom stereocenters. The second-order valence-electron chi connectivity index (χ2n) is 38.7. The second-order valence-corrected chi connectivity index (χ2v) is 39.7. The van der Waals surface area contributed by atoms with E-state index < -0.39 is 8.60 Å². The van der Waals surface area contributed by atoms with Crippen LogP contribution in [0.15, 0.2) is 36.4 Å². The van der Waals surface area contributed by atoms with Gasteiger partial charge in [-0.05, 0) is 112 Å². The lowest BCUT2D eigenvalue weighted by Gasteiger charge is -2.24. The average molecular weight is 1700 g/mol. The number of unbranched alkanes of at least 4 members (excludes halogenated alkanes) is 78. The van der Waals surface area contributed by atoms with Gasteiger partial charge in [-0.3, -0.25) is 0 Å². The van der Waals surface area contributed by atoms with Crippen LogP contribution in [0.3, 0.4) is 0 Å². The molecule has 0 aliphatic heterocycles. The minimum atomic E-state index is -2.24. The molecule has 0 amide bonds. The summed E-state index contributed by atoms with van der Waals surface area (Å²) in [6.45, 7) is 13.9. The predicted octanol–water partition coefficient (Wildman–Crippen LogP) is 40.7. The van der Waals surface area contributed by atoms with Gasteiger partial charge in [0.15, 0.2) is 0 Å². The van der Waals surface area contributed by atoms with Crippen LogP contribution in [0, 0.1) is 0 Å². The Morgan fingerprint density at radius 3 is 0.405 bits per heavy atom. The first-order chi connectivity index (χ1) is 59.8. The third kappa shape index (κ3) is 63.5. The molecule has 121 heavy (non-hydrogen) atoms. The largest absolute Gasteiger partial charge is 0.530 e. The van der Waals surface area contributed by atoms with Crippen molar-refractivity contribution in [2.24, 2.45) is 0 Å². The maximum atomic E-state index is 12.8. The molecular weight excluding hydrogens is 1500 g/mol. The maximum absolute atomic E-state index is 12.8. The Morgan fingerprint density at radius 2 is 0.273 bits per heavy atom. The maximum Gasteiger partial charge on any atom is 0.530 e. The van der Waals surface area contributed by atoms with Crippen LogP contribution in [0.5, 0.6) is 34.5 Å². The molecule has 0 bridgehead atoms. The first kappa shape index (κ1) is 112. The number of hydrogen-bond acceptors (Lipinski definition) is 6. The van der Waals surface area contributed by atoms with Gasteiger partial charge in [-0.15, -0.1) is 0 Å². The van der Waals surface area contributed by atoms with E-state index in [0.717, 1.165) is 110 Å². The molecule has 7 heteroatoms. The van der Waals surface area contributed by atoms with Crippen LogP contribution in [-0.4, -0.2) is 15.3 Å². The van der Waals surface area contributed by atoms with Crippen LogP contribution in [0.25, 0.3) is 0 Å². The van der Waals surface area contributed by atoms with Crippen molar-refractivity contribution in [1.82, 2.24) is 0 Å². The zero-order chi connectivity index (χ0) is 86.5. The molecule has 0 fully saturated rings. The Hall–Kier alpha value is -3.11. The molecule has 0 aliphatic carbocycles. The summed E-state index contributed by atoms with van der Waals surface area (Å²) < 4.78 is 22.2. The van der Waals surface area contributed by atoms with Crippen molar-refractivity contribution in [2.45, 2.75) is 619 Å². The summed E-state index contributed by atoms with van der Waals surface area (Å²) in [6, 6.07) is 12.8. The van der Waals surface area contributed by atoms with Crippen LogP contribution in [0.4, 0.5) is 0 Å². The van der Waals surface area contributed by atoms with Gasteiger partial charge >= 0.3 is 8.60 Å². The van der Waals surface area contributed by atoms with E-state index in [2.05, 4.69) is 77.9 Å². The summed E-state index contributed by atoms with van der Waals surface area (Å²) in [5, 5.41) is 38.3. The second kappa shape index (κ2) is 86.3. The van der Waals surface area contributed by atoms with Crippen LogP contribution in [0.1, 0.15) is 614 Å². The summed E-state index contributed by atoms with van der Waals surface area (Å²) in [5.74, 6) is 3.02. The van der Waals surface area contributed by atoms with Gasteiger partial charge in [0.05, 0.1) is 0 Å². The van der Waals surface area contributed by atoms with Crippen LogP contribution >= 0.6 is 8.60 Å². The lowest BCUT2D eigenvalue weighted by Crippen LogP contribution is -2.08. The summed E-state index contributed by atoms with van der Waals surface area (Å²) in [7, 11) is -2.24. The number of aryl methyl sites for hydroxylation is 3. The minimum Gasteiger partial charge on any atom is -0.507 e. The molecule has 0 spiro atoms. The van der Waals surface area contributed by atoms with Crippen molar-refractivity contribution in [3.63, 3.8) is 0 Å². The fourth-order valence-corrected chi connectivity index (χ4v) is 20.0. The molecule has 0 saturated carbocycles. The standard InChI is InChI=1S/C114H207O6P/c1-7-13-19-25-31-37-43-49-55-61-67-73-79-85-91-103-97-100-109(106(112(103)115)94-88-82-76-70-64-58-52-46-40-34-28-22-16-10-4)118-121(119-110-101-98-104(92-86-80-74-68-62-56-50-44-38-32-26-20-14-8-2)113(116)107(110)95-89-83-77-71-65-59-53-47-41-35-29-23-17-11-5)120-111-102-99-105(93-87-81-75-69-63-57-51-45-39-33-27-21-15-9-3)114(117)108(111)96-90-84-78-72-66-60-54-48-42-36-30-24-18-12-6/h97-102,115-117H,7-96H2,1-6H3. The average Bonchev–Trinajstić information content (AvgIpc) is 0.802. The van der Waals surface area contributed by atoms with E-state index in [9.17, 15) is 15.3 Å². The summed E-state index contributed by atoms with van der Waals surface area (Å²) in [6.07, 6.45) is 115. The number of hydrogen-bond donors (Lipinski definition) is 3. The molecule has 3 aromatic carbocycles. The van der Waals surface area contributed by atoms with Gasteiger partial charge < -0.3 is 28.9 Å². The molecular formula is C114H207O6P. The van der Waals surface area contributed by atoms with E-state index in [-0.39, 0.29) is 0 Å². The first-order valence-corrected chi connectivity index (χ1v) is 56.3. The highest BCUT2D eigenvalue weighted by Gasteiger charge is 2.29. The topological polar surface area (TPSA) is 88.4 Å². The van der Waals surface area contributed by atoms with Crippen molar-refractivity contribution in [3.8, 4) is 34.5 Å². The molecule has 3 rings (SSSR count). The van der Waals surface area contributed by atoms with Gasteiger partial charge in [0.2, 0.25) is 0 Å². The smallest absolute Gasteiger partial charge is 0.507 e. The van der Waals surface area contributed by atoms with Crippen molar-refractivity contribution >= 4 is 8.60 Å². The SMILES string of the molecule is CCCCCCCCCCCCCCCCc1ccc(OP(Oc2ccc(CCCCCCCCCCCCCCCC)c(O)c2CCCCCCCCCCCCCCCC)Oc2ccc(CCCCCCCCCCCCCCCC)c(O)c2CCCCCCCCCCCCCCCC)c(CCCCCCCCCCCCCCCC)c1O. The number of rotatable bonds is 96. The van der Waals surface area contributed by atoms with Crippen LogP contribution in [0.2, 0.25) is 0 Å². The highest BCUT2D eigenvalue weighted by atomic mass is 31.2. The summed E-state index contributed by atoms with van der Waals surface area (Å²) >= 11 is 0. The number of aromatic hydroxyl groups is 3. The fourth-order valence-electron chi connectivity index (χ4n) is 18.9. The number of benzene rings is 3. The quantitative estimate of drug-likeness (QED) is 0.0386. The van der Waals surface area contributed by atoms with Crippen molar-refractivity contribution < 1.29 is 28.9 Å². The van der Waals surface area contributed by atoms with E-state index in [0.29, 0.717) is 53.8 Å². The first-order valence-electron chi connectivity index (χ1n) is 55.2. The molecule has 3 aromatic rings. The molecule has 0 radical (unpaired) electrons.